The Hall–Kier alpha value is -3.50. The molecule has 0 saturated carbocycles. The third kappa shape index (κ3) is 4.43. The number of hydrogen-bond acceptors (Lipinski definition) is 3. The Balaban J connectivity index is 1.57. The highest BCUT2D eigenvalue weighted by atomic mass is 28.4. The molecule has 206 valence electrons. The number of nitrogens with zero attached hydrogens (tertiary/aromatic N) is 1. The van der Waals surface area contributed by atoms with Crippen LogP contribution in [0.25, 0.3) is 0 Å². The number of benzene rings is 4. The first-order valence-corrected chi connectivity index (χ1v) is 16.5. The summed E-state index contributed by atoms with van der Waals surface area (Å²) in [6, 6.07) is 23.8. The van der Waals surface area contributed by atoms with Gasteiger partial charge in [0.2, 0.25) is 0 Å². The second kappa shape index (κ2) is 9.55. The maximum Gasteiger partial charge on any atom is 0.593 e. The molecule has 0 N–H and O–H groups in total. The highest BCUT2D eigenvalue weighted by Gasteiger charge is 2.61. The summed E-state index contributed by atoms with van der Waals surface area (Å²) in [5.74, 6) is 2.50. The van der Waals surface area contributed by atoms with E-state index in [9.17, 15) is 0 Å². The summed E-state index contributed by atoms with van der Waals surface area (Å²) in [5, 5.41) is 0. The Bertz CT molecular complexity index is 1620. The number of fused-ring (bicyclic) bond motifs is 2. The highest BCUT2D eigenvalue weighted by molar-refractivity contribution is 6.76. The van der Waals surface area contributed by atoms with Gasteiger partial charge in [0.15, 0.2) is 0 Å². The normalized spacial score (nSPS) is 20.1. The zero-order valence-electron chi connectivity index (χ0n) is 25.4. The maximum atomic E-state index is 7.23. The van der Waals surface area contributed by atoms with Gasteiger partial charge in [-0.25, -0.2) is 0 Å². The predicted octanol–water partition coefficient (Wildman–Crippen LogP) is 9.60. The van der Waals surface area contributed by atoms with Crippen LogP contribution in [-0.2, 0) is 0 Å². The van der Waals surface area contributed by atoms with Crippen LogP contribution in [0.5, 0.6) is 11.5 Å². The van der Waals surface area contributed by atoms with Crippen molar-refractivity contribution < 1.29 is 8.85 Å². The predicted molar refractivity (Wildman–Crippen MR) is 169 cm³/mol. The molecule has 0 saturated heterocycles. The SMILES string of the molecule is Cc1cc(C)cc(C(C)C2C[Si]3(Oc4cc(C)c(C)cc42)Oc2cc(C)c(C)cc2N3c2cc(C)cc(C)c2)c1. The van der Waals surface area contributed by atoms with Gasteiger partial charge in [-0.1, -0.05) is 48.4 Å². The third-order valence-electron chi connectivity index (χ3n) is 9.04. The van der Waals surface area contributed by atoms with Gasteiger partial charge in [0.25, 0.3) is 0 Å². The molecule has 0 aliphatic carbocycles. The van der Waals surface area contributed by atoms with E-state index >= 15 is 0 Å². The lowest BCUT2D eigenvalue weighted by molar-refractivity contribution is 0.357. The first-order chi connectivity index (χ1) is 18.9. The molecule has 0 fully saturated rings. The van der Waals surface area contributed by atoms with Crippen LogP contribution in [0.15, 0.2) is 60.7 Å². The van der Waals surface area contributed by atoms with Gasteiger partial charge in [0, 0.05) is 17.6 Å². The van der Waals surface area contributed by atoms with E-state index in [4.69, 9.17) is 8.85 Å². The topological polar surface area (TPSA) is 21.7 Å². The maximum absolute atomic E-state index is 7.23. The molecule has 0 radical (unpaired) electrons. The molecule has 6 rings (SSSR count). The van der Waals surface area contributed by atoms with Gasteiger partial charge in [0.05, 0.1) is 5.69 Å². The van der Waals surface area contributed by atoms with Crippen LogP contribution in [0.3, 0.4) is 0 Å². The molecule has 3 atom stereocenters. The number of anilines is 2. The largest absolute Gasteiger partial charge is 0.593 e. The number of rotatable bonds is 3. The molecule has 2 aliphatic rings. The van der Waals surface area contributed by atoms with Crippen molar-refractivity contribution in [3.63, 3.8) is 0 Å². The lowest BCUT2D eigenvalue weighted by Gasteiger charge is -2.43. The standard InChI is InChI=1S/C36H41NO2Si/c1-21-10-22(2)13-30(12-21)29(9)33-20-40(38-35-18-27(7)25(5)16-32(33)35)37(31-14-23(3)11-24(4)15-31)34-17-26(6)28(8)19-36(34)39-40/h10-19,29,33H,20H2,1-9H3. The Morgan fingerprint density at radius 2 is 1.12 bits per heavy atom. The summed E-state index contributed by atoms with van der Waals surface area (Å²) >= 11 is 0. The highest BCUT2D eigenvalue weighted by Crippen LogP contribution is 2.55. The van der Waals surface area contributed by atoms with E-state index < -0.39 is 8.72 Å². The molecule has 0 aromatic heterocycles. The fourth-order valence-corrected chi connectivity index (χ4v) is 10.6. The van der Waals surface area contributed by atoms with Crippen molar-refractivity contribution in [1.29, 1.82) is 0 Å². The molecule has 1 spiro atoms. The van der Waals surface area contributed by atoms with Crippen molar-refractivity contribution >= 4 is 20.1 Å². The monoisotopic (exact) mass is 547 g/mol. The van der Waals surface area contributed by atoms with E-state index in [1.54, 1.807) is 0 Å². The van der Waals surface area contributed by atoms with Crippen molar-refractivity contribution in [2.45, 2.75) is 80.2 Å². The third-order valence-corrected chi connectivity index (χ3v) is 12.3. The molecular weight excluding hydrogens is 506 g/mol. The summed E-state index contributed by atoms with van der Waals surface area (Å²) in [7, 11) is -3.03. The van der Waals surface area contributed by atoms with Crippen molar-refractivity contribution in [1.82, 2.24) is 0 Å². The molecule has 3 unspecified atom stereocenters. The molecule has 2 aliphatic heterocycles. The molecule has 3 nitrogen and oxygen atoms in total. The minimum Gasteiger partial charge on any atom is -0.496 e. The summed E-state index contributed by atoms with van der Waals surface area (Å²) in [6.45, 7) is 19.9. The van der Waals surface area contributed by atoms with Crippen LogP contribution in [-0.4, -0.2) is 8.72 Å². The van der Waals surface area contributed by atoms with E-state index in [1.165, 1.54) is 55.6 Å². The quantitative estimate of drug-likeness (QED) is 0.238. The van der Waals surface area contributed by atoms with Gasteiger partial charge < -0.3 is 13.4 Å². The zero-order valence-corrected chi connectivity index (χ0v) is 26.4. The number of aryl methyl sites for hydroxylation is 8. The van der Waals surface area contributed by atoms with Crippen LogP contribution in [0, 0.1) is 55.4 Å². The van der Waals surface area contributed by atoms with Crippen LogP contribution in [0.1, 0.15) is 74.4 Å². The van der Waals surface area contributed by atoms with Crippen LogP contribution in [0.4, 0.5) is 11.4 Å². The van der Waals surface area contributed by atoms with E-state index in [0.717, 1.165) is 28.9 Å². The average Bonchev–Trinajstić information content (AvgIpc) is 3.15. The summed E-state index contributed by atoms with van der Waals surface area (Å²) in [4.78, 5) is 0. The molecule has 0 bridgehead atoms. The van der Waals surface area contributed by atoms with Crippen molar-refractivity contribution in [2.75, 3.05) is 4.57 Å². The zero-order chi connectivity index (χ0) is 28.5. The van der Waals surface area contributed by atoms with E-state index in [2.05, 4.69) is 128 Å². The first-order valence-electron chi connectivity index (χ1n) is 14.5. The first kappa shape index (κ1) is 26.7. The molecular formula is C36H41NO2Si. The Labute approximate surface area is 241 Å². The second-order valence-corrected chi connectivity index (χ2v) is 15.2. The lowest BCUT2D eigenvalue weighted by atomic mass is 9.81. The van der Waals surface area contributed by atoms with Crippen LogP contribution in [0.2, 0.25) is 6.04 Å². The van der Waals surface area contributed by atoms with Crippen molar-refractivity contribution in [3.8, 4) is 11.5 Å². The Morgan fingerprint density at radius 1 is 0.625 bits per heavy atom. The van der Waals surface area contributed by atoms with E-state index in [1.807, 2.05) is 0 Å². The van der Waals surface area contributed by atoms with Gasteiger partial charge >= 0.3 is 8.72 Å². The van der Waals surface area contributed by atoms with Gasteiger partial charge in [0.1, 0.15) is 11.5 Å². The van der Waals surface area contributed by atoms with Gasteiger partial charge in [-0.15, -0.1) is 0 Å². The molecule has 4 aromatic carbocycles. The molecule has 4 heteroatoms. The second-order valence-electron chi connectivity index (χ2n) is 12.5. The molecule has 40 heavy (non-hydrogen) atoms. The van der Waals surface area contributed by atoms with Gasteiger partial charge in [-0.3, -0.25) is 0 Å². The van der Waals surface area contributed by atoms with Gasteiger partial charge in [-0.2, -0.15) is 0 Å². The minimum atomic E-state index is -3.03. The Kier molecular flexibility index (Phi) is 6.38. The van der Waals surface area contributed by atoms with E-state index in [0.29, 0.717) is 5.92 Å². The van der Waals surface area contributed by atoms with Crippen molar-refractivity contribution in [2.24, 2.45) is 0 Å². The molecule has 0 amide bonds. The van der Waals surface area contributed by atoms with Crippen molar-refractivity contribution in [3.05, 3.63) is 116 Å². The van der Waals surface area contributed by atoms with Crippen LogP contribution < -0.4 is 13.4 Å². The number of hydrogen-bond donors (Lipinski definition) is 0. The lowest BCUT2D eigenvalue weighted by Crippen LogP contribution is -2.61. The fraction of sp³-hybridized carbons (Fsp3) is 0.333. The van der Waals surface area contributed by atoms with E-state index in [-0.39, 0.29) is 5.92 Å². The van der Waals surface area contributed by atoms with Crippen LogP contribution >= 0.6 is 0 Å². The summed E-state index contributed by atoms with van der Waals surface area (Å²) in [6.07, 6.45) is 0. The smallest absolute Gasteiger partial charge is 0.496 e. The average molecular weight is 548 g/mol. The summed E-state index contributed by atoms with van der Waals surface area (Å²) in [5.41, 5.74) is 15.2. The minimum absolute atomic E-state index is 0.265. The summed E-state index contributed by atoms with van der Waals surface area (Å²) < 4.78 is 16.8. The Morgan fingerprint density at radius 3 is 1.75 bits per heavy atom. The molecule has 2 heterocycles. The fourth-order valence-electron chi connectivity index (χ4n) is 6.79. The molecule has 4 aromatic rings. The van der Waals surface area contributed by atoms with Gasteiger partial charge in [-0.05, 0) is 136 Å².